The zero-order valence-electron chi connectivity index (χ0n) is 21.1. The van der Waals surface area contributed by atoms with E-state index in [9.17, 15) is 15.3 Å². The number of carbonyl (C=O) groups is 1. The first-order valence-electron chi connectivity index (χ1n) is 12.2. The Balaban J connectivity index is 1.84. The molecule has 3 aromatic carbocycles. The first-order chi connectivity index (χ1) is 17.7. The molecule has 6 heteroatoms. The van der Waals surface area contributed by atoms with Crippen LogP contribution in [-0.4, -0.2) is 23.8 Å². The number of ether oxygens (including phenoxy) is 1. The largest absolute Gasteiger partial charge is 0.507 e. The zero-order valence-corrected chi connectivity index (χ0v) is 21.8. The van der Waals surface area contributed by atoms with Crippen LogP contribution in [0.2, 0.25) is 5.02 Å². The molecule has 0 spiro atoms. The van der Waals surface area contributed by atoms with Gasteiger partial charge < -0.3 is 9.84 Å². The number of allylic oxidation sites excluding steroid dienone is 2. The third kappa shape index (κ3) is 4.56. The minimum Gasteiger partial charge on any atom is -0.507 e. The Morgan fingerprint density at radius 2 is 1.73 bits per heavy atom. The highest BCUT2D eigenvalue weighted by Crippen LogP contribution is 2.51. The number of aliphatic hydroxyl groups is 1. The van der Waals surface area contributed by atoms with Gasteiger partial charge in [0.05, 0.1) is 7.11 Å². The molecule has 5 rings (SSSR count). The molecule has 1 aliphatic carbocycles. The molecule has 37 heavy (non-hydrogen) atoms. The number of amidine groups is 1. The predicted octanol–water partition coefficient (Wildman–Crippen LogP) is 7.54. The maximum Gasteiger partial charge on any atom is 0.162 e. The molecule has 0 radical (unpaired) electrons. The Kier molecular flexibility index (Phi) is 6.42. The molecular formula is C31H29ClN2O3. The van der Waals surface area contributed by atoms with E-state index in [-0.39, 0.29) is 22.8 Å². The van der Waals surface area contributed by atoms with Crippen LogP contribution in [0.3, 0.4) is 0 Å². The lowest BCUT2D eigenvalue weighted by atomic mass is 9.67. The van der Waals surface area contributed by atoms with Gasteiger partial charge in [-0.1, -0.05) is 74.0 Å². The SMILES string of the molecule is COc1ccc([C@H]2C(=C(O)c3ccccc3)C(=N)N(c3cccc(Cl)c3)C3=C2C(=O)CC(C)(C)C3)cc1. The number of nitrogens with one attached hydrogen (secondary N) is 1. The number of anilines is 1. The molecule has 3 aromatic rings. The second kappa shape index (κ2) is 9.56. The molecule has 1 atom stereocenters. The van der Waals surface area contributed by atoms with Crippen LogP contribution in [-0.2, 0) is 4.79 Å². The first-order valence-corrected chi connectivity index (χ1v) is 12.6. The maximum atomic E-state index is 13.9. The smallest absolute Gasteiger partial charge is 0.162 e. The maximum absolute atomic E-state index is 13.9. The minimum atomic E-state index is -0.604. The molecule has 2 aliphatic rings. The molecule has 1 heterocycles. The van der Waals surface area contributed by atoms with Crippen molar-refractivity contribution in [1.82, 2.24) is 0 Å². The van der Waals surface area contributed by atoms with Gasteiger partial charge in [0, 0.05) is 45.5 Å². The molecule has 2 N–H and O–H groups in total. The number of hydrogen-bond donors (Lipinski definition) is 2. The lowest BCUT2D eigenvalue weighted by molar-refractivity contribution is -0.118. The molecule has 5 nitrogen and oxygen atoms in total. The summed E-state index contributed by atoms with van der Waals surface area (Å²) in [6.07, 6.45) is 0.990. The highest BCUT2D eigenvalue weighted by atomic mass is 35.5. The summed E-state index contributed by atoms with van der Waals surface area (Å²) >= 11 is 6.37. The van der Waals surface area contributed by atoms with E-state index in [0.717, 1.165) is 11.3 Å². The fraction of sp³-hybridized carbons (Fsp3) is 0.226. The Hall–Kier alpha value is -3.83. The minimum absolute atomic E-state index is 0.0185. The number of benzene rings is 3. The lowest BCUT2D eigenvalue weighted by Gasteiger charge is -2.45. The number of carbonyl (C=O) groups excluding carboxylic acids is 1. The van der Waals surface area contributed by atoms with Crippen LogP contribution in [0.1, 0.15) is 43.7 Å². The average molecular weight is 513 g/mol. The number of halogens is 1. The van der Waals surface area contributed by atoms with Crippen molar-refractivity contribution in [1.29, 1.82) is 5.41 Å². The van der Waals surface area contributed by atoms with Crippen molar-refractivity contribution < 1.29 is 14.6 Å². The standard InChI is InChI=1S/C31H29ClN2O3/c1-31(2)17-24-27(25(35)18-31)26(19-12-14-23(37-3)15-13-19)28(29(36)20-8-5-4-6-9-20)30(33)34(24)22-11-7-10-21(32)16-22/h4-16,26,33,36H,17-18H2,1-3H3/t26-/m1/s1. The Labute approximate surface area is 222 Å². The van der Waals surface area contributed by atoms with Gasteiger partial charge in [-0.05, 0) is 47.7 Å². The number of Topliss-reactive ketones (excluding diaryl/α,β-unsaturated/α-hetero) is 1. The van der Waals surface area contributed by atoms with Gasteiger partial charge in [0.1, 0.15) is 17.3 Å². The number of nitrogens with zero attached hydrogens (tertiary/aromatic N) is 1. The van der Waals surface area contributed by atoms with Crippen molar-refractivity contribution in [2.45, 2.75) is 32.6 Å². The van der Waals surface area contributed by atoms with Crippen molar-refractivity contribution in [3.8, 4) is 5.75 Å². The van der Waals surface area contributed by atoms with Crippen LogP contribution in [0, 0.1) is 10.8 Å². The fourth-order valence-electron chi connectivity index (χ4n) is 5.40. The zero-order chi connectivity index (χ0) is 26.3. The number of rotatable bonds is 4. The van der Waals surface area contributed by atoms with E-state index < -0.39 is 5.92 Å². The van der Waals surface area contributed by atoms with Crippen LogP contribution < -0.4 is 9.64 Å². The van der Waals surface area contributed by atoms with E-state index >= 15 is 0 Å². The van der Waals surface area contributed by atoms with E-state index in [2.05, 4.69) is 13.8 Å². The van der Waals surface area contributed by atoms with Gasteiger partial charge in [0.25, 0.3) is 0 Å². The highest BCUT2D eigenvalue weighted by Gasteiger charge is 2.46. The van der Waals surface area contributed by atoms with Gasteiger partial charge >= 0.3 is 0 Å². The quantitative estimate of drug-likeness (QED) is 0.354. The van der Waals surface area contributed by atoms with Crippen LogP contribution in [0.4, 0.5) is 5.69 Å². The molecular weight excluding hydrogens is 484 g/mol. The fourth-order valence-corrected chi connectivity index (χ4v) is 5.58. The molecule has 0 amide bonds. The summed E-state index contributed by atoms with van der Waals surface area (Å²) in [6.45, 7) is 4.15. The predicted molar refractivity (Wildman–Crippen MR) is 148 cm³/mol. The molecule has 188 valence electrons. The number of ketones is 1. The summed E-state index contributed by atoms with van der Waals surface area (Å²) < 4.78 is 5.36. The second-order valence-corrected chi connectivity index (χ2v) is 10.7. The molecule has 1 aliphatic heterocycles. The van der Waals surface area contributed by atoms with Crippen LogP contribution in [0.5, 0.6) is 5.75 Å². The van der Waals surface area contributed by atoms with E-state index in [1.807, 2.05) is 54.6 Å². The summed E-state index contributed by atoms with van der Waals surface area (Å²) in [4.78, 5) is 15.7. The third-order valence-corrected chi connectivity index (χ3v) is 7.28. The normalized spacial score (nSPS) is 20.5. The lowest BCUT2D eigenvalue weighted by Crippen LogP contribution is -2.45. The Bertz CT molecular complexity index is 1440. The van der Waals surface area contributed by atoms with Crippen molar-refractivity contribution in [3.63, 3.8) is 0 Å². The second-order valence-electron chi connectivity index (χ2n) is 10.3. The van der Waals surface area contributed by atoms with Gasteiger partial charge in [-0.2, -0.15) is 0 Å². The summed E-state index contributed by atoms with van der Waals surface area (Å²) in [5.74, 6) is 0.201. The van der Waals surface area contributed by atoms with Gasteiger partial charge in [-0.15, -0.1) is 0 Å². The van der Waals surface area contributed by atoms with Gasteiger partial charge in [0.15, 0.2) is 5.78 Å². The highest BCUT2D eigenvalue weighted by molar-refractivity contribution is 6.31. The Morgan fingerprint density at radius 3 is 2.38 bits per heavy atom. The summed E-state index contributed by atoms with van der Waals surface area (Å²) in [6, 6.07) is 23.9. The van der Waals surface area contributed by atoms with Crippen LogP contribution in [0.15, 0.2) is 95.7 Å². The van der Waals surface area contributed by atoms with Gasteiger partial charge in [-0.25, -0.2) is 0 Å². The van der Waals surface area contributed by atoms with Crippen molar-refractivity contribution in [2.24, 2.45) is 5.41 Å². The first kappa shape index (κ1) is 24.8. The van der Waals surface area contributed by atoms with Crippen molar-refractivity contribution >= 4 is 34.7 Å². The molecule has 0 unspecified atom stereocenters. The summed E-state index contributed by atoms with van der Waals surface area (Å²) in [5, 5.41) is 21.7. The van der Waals surface area contributed by atoms with E-state index in [1.54, 1.807) is 36.3 Å². The van der Waals surface area contributed by atoms with E-state index in [4.69, 9.17) is 16.3 Å². The van der Waals surface area contributed by atoms with E-state index in [0.29, 0.717) is 46.0 Å². The average Bonchev–Trinajstić information content (AvgIpc) is 2.87. The third-order valence-electron chi connectivity index (χ3n) is 7.04. The van der Waals surface area contributed by atoms with E-state index in [1.165, 1.54) is 0 Å². The van der Waals surface area contributed by atoms with Gasteiger partial charge in [0.2, 0.25) is 0 Å². The molecule has 0 saturated carbocycles. The molecule has 0 saturated heterocycles. The monoisotopic (exact) mass is 512 g/mol. The van der Waals surface area contributed by atoms with Gasteiger partial charge in [-0.3, -0.25) is 15.1 Å². The van der Waals surface area contributed by atoms with Crippen LogP contribution >= 0.6 is 11.6 Å². The molecule has 0 bridgehead atoms. The number of hydrogen-bond acceptors (Lipinski definition) is 4. The number of methoxy groups -OCH3 is 1. The Morgan fingerprint density at radius 1 is 1.03 bits per heavy atom. The molecule has 0 fully saturated rings. The van der Waals surface area contributed by atoms with Crippen molar-refractivity contribution in [2.75, 3.05) is 12.0 Å². The summed E-state index contributed by atoms with van der Waals surface area (Å²) in [7, 11) is 1.61. The molecule has 0 aromatic heterocycles. The van der Waals surface area contributed by atoms with Crippen molar-refractivity contribution in [3.05, 3.63) is 112 Å². The van der Waals surface area contributed by atoms with Crippen LogP contribution in [0.25, 0.3) is 5.76 Å². The topological polar surface area (TPSA) is 73.6 Å². The number of aliphatic hydroxyl groups excluding tert-OH is 1. The summed E-state index contributed by atoms with van der Waals surface area (Å²) in [5.41, 5.74) is 3.57.